The van der Waals surface area contributed by atoms with Gasteiger partial charge in [0.2, 0.25) is 0 Å². The summed E-state index contributed by atoms with van der Waals surface area (Å²) in [6.07, 6.45) is 27.5. The van der Waals surface area contributed by atoms with Gasteiger partial charge in [0.1, 0.15) is 0 Å². The lowest BCUT2D eigenvalue weighted by Gasteiger charge is -2.29. The van der Waals surface area contributed by atoms with Crippen LogP contribution in [0.25, 0.3) is 0 Å². The molecule has 2 fully saturated rings. The Morgan fingerprint density at radius 1 is 1.04 bits per heavy atom. The third-order valence-corrected chi connectivity index (χ3v) is 7.62. The Balaban J connectivity index is 1.41. The first-order chi connectivity index (χ1) is 13.2. The summed E-state index contributed by atoms with van der Waals surface area (Å²) in [5.41, 5.74) is 5.08. The van der Waals surface area contributed by atoms with Crippen LogP contribution in [0.15, 0.2) is 34.9 Å². The maximum absolute atomic E-state index is 2.59. The molecule has 0 heterocycles. The Morgan fingerprint density at radius 2 is 1.74 bits per heavy atom. The molecule has 3 aliphatic rings. The first-order valence-electron chi connectivity index (χ1n) is 12.3. The monoisotopic (exact) mass is 368 g/mol. The molecular weight excluding hydrogens is 324 g/mol. The van der Waals surface area contributed by atoms with Crippen LogP contribution in [-0.4, -0.2) is 0 Å². The van der Waals surface area contributed by atoms with Gasteiger partial charge in [-0.2, -0.15) is 0 Å². The fourth-order valence-electron chi connectivity index (χ4n) is 5.71. The first-order valence-corrected chi connectivity index (χ1v) is 12.3. The van der Waals surface area contributed by atoms with E-state index in [0.717, 1.165) is 23.7 Å². The van der Waals surface area contributed by atoms with Gasteiger partial charge in [0.25, 0.3) is 0 Å². The topological polar surface area (TPSA) is 0 Å². The van der Waals surface area contributed by atoms with E-state index in [-0.39, 0.29) is 0 Å². The number of allylic oxidation sites excluding steroid dienone is 6. The summed E-state index contributed by atoms with van der Waals surface area (Å²) in [7, 11) is 0. The van der Waals surface area contributed by atoms with E-state index in [1.807, 2.05) is 0 Å². The Bertz CT molecular complexity index is 532. The molecule has 3 aliphatic carbocycles. The lowest BCUT2D eigenvalue weighted by Crippen LogP contribution is -2.15. The van der Waals surface area contributed by atoms with Gasteiger partial charge in [-0.05, 0) is 80.6 Å². The molecule has 0 aliphatic heterocycles. The largest absolute Gasteiger partial charge is 0.0822 e. The van der Waals surface area contributed by atoms with Crippen LogP contribution in [0.2, 0.25) is 0 Å². The van der Waals surface area contributed by atoms with Crippen molar-refractivity contribution in [1.82, 2.24) is 0 Å². The van der Waals surface area contributed by atoms with Crippen LogP contribution in [0.1, 0.15) is 111 Å². The highest BCUT2D eigenvalue weighted by molar-refractivity contribution is 5.35. The molecule has 0 N–H and O–H groups in total. The summed E-state index contributed by atoms with van der Waals surface area (Å²) in [5.74, 6) is 3.62. The standard InChI is InChI=1S/C27H44/c1-4-7-22-10-12-23(13-11-22)14-16-26(5-2)27-17-15-25(20-27)19-21(3)18-24-8-6-9-24/h17-18,20-23,26H,4-16,19H2,1-3H3. The first kappa shape index (κ1) is 20.9. The summed E-state index contributed by atoms with van der Waals surface area (Å²) in [6, 6.07) is 0. The van der Waals surface area contributed by atoms with Crippen LogP contribution in [-0.2, 0) is 0 Å². The second kappa shape index (κ2) is 10.7. The van der Waals surface area contributed by atoms with Gasteiger partial charge in [0.15, 0.2) is 0 Å². The molecule has 3 rings (SSSR count). The lowest BCUT2D eigenvalue weighted by molar-refractivity contribution is 0.242. The van der Waals surface area contributed by atoms with Gasteiger partial charge in [-0.25, -0.2) is 0 Å². The molecule has 0 spiro atoms. The highest BCUT2D eigenvalue weighted by atomic mass is 14.3. The summed E-state index contributed by atoms with van der Waals surface area (Å²) in [5, 5.41) is 0. The van der Waals surface area contributed by atoms with Gasteiger partial charge in [-0.3, -0.25) is 0 Å². The Kier molecular flexibility index (Phi) is 8.28. The molecule has 27 heavy (non-hydrogen) atoms. The van der Waals surface area contributed by atoms with E-state index in [4.69, 9.17) is 0 Å². The molecule has 0 saturated heterocycles. The SMILES string of the molecule is CCCC1CCC(CCC(CC)C2=CCC(CC(C)C=C3CCC3)=C2)CC1. The summed E-state index contributed by atoms with van der Waals surface area (Å²) < 4.78 is 0. The van der Waals surface area contributed by atoms with Crippen LogP contribution in [0, 0.1) is 23.7 Å². The Labute approximate surface area is 169 Å². The smallest absolute Gasteiger partial charge is 0.0129 e. The van der Waals surface area contributed by atoms with Crippen LogP contribution in [0.3, 0.4) is 0 Å². The fourth-order valence-corrected chi connectivity index (χ4v) is 5.71. The molecule has 152 valence electrons. The van der Waals surface area contributed by atoms with Gasteiger partial charge in [-0.15, -0.1) is 0 Å². The van der Waals surface area contributed by atoms with E-state index in [1.54, 1.807) is 16.7 Å². The predicted molar refractivity (Wildman–Crippen MR) is 120 cm³/mol. The van der Waals surface area contributed by atoms with E-state index in [9.17, 15) is 0 Å². The quantitative estimate of drug-likeness (QED) is 0.338. The zero-order valence-corrected chi connectivity index (χ0v) is 18.4. The minimum atomic E-state index is 0.734. The molecule has 0 aromatic rings. The minimum absolute atomic E-state index is 0.734. The van der Waals surface area contributed by atoms with Crippen LogP contribution in [0.5, 0.6) is 0 Å². The highest BCUT2D eigenvalue weighted by Crippen LogP contribution is 2.37. The summed E-state index contributed by atoms with van der Waals surface area (Å²) >= 11 is 0. The van der Waals surface area contributed by atoms with E-state index < -0.39 is 0 Å². The van der Waals surface area contributed by atoms with Gasteiger partial charge in [0, 0.05) is 0 Å². The van der Waals surface area contributed by atoms with E-state index >= 15 is 0 Å². The second-order valence-electron chi connectivity index (χ2n) is 9.93. The minimum Gasteiger partial charge on any atom is -0.0822 e. The van der Waals surface area contributed by atoms with Gasteiger partial charge in [0.05, 0.1) is 0 Å². The van der Waals surface area contributed by atoms with Gasteiger partial charge >= 0.3 is 0 Å². The maximum Gasteiger partial charge on any atom is -0.0129 e. The molecule has 0 aromatic carbocycles. The number of rotatable bonds is 10. The van der Waals surface area contributed by atoms with Crippen molar-refractivity contribution < 1.29 is 0 Å². The normalized spacial score (nSPS) is 27.6. The third kappa shape index (κ3) is 6.37. The maximum atomic E-state index is 2.59. The van der Waals surface area contributed by atoms with Crippen LogP contribution < -0.4 is 0 Å². The van der Waals surface area contributed by atoms with Gasteiger partial charge < -0.3 is 0 Å². The van der Waals surface area contributed by atoms with E-state index in [1.165, 1.54) is 89.9 Å². The van der Waals surface area contributed by atoms with Crippen molar-refractivity contribution in [3.8, 4) is 0 Å². The highest BCUT2D eigenvalue weighted by Gasteiger charge is 2.23. The Morgan fingerprint density at radius 3 is 2.33 bits per heavy atom. The van der Waals surface area contributed by atoms with Crippen molar-refractivity contribution in [2.24, 2.45) is 23.7 Å². The summed E-state index contributed by atoms with van der Waals surface area (Å²) in [4.78, 5) is 0. The Hall–Kier alpha value is -0.780. The van der Waals surface area contributed by atoms with Crippen LogP contribution >= 0.6 is 0 Å². The molecular formula is C27H44. The zero-order valence-electron chi connectivity index (χ0n) is 18.4. The van der Waals surface area contributed by atoms with Crippen molar-refractivity contribution in [1.29, 1.82) is 0 Å². The molecule has 2 atom stereocenters. The average Bonchev–Trinajstić information content (AvgIpc) is 3.09. The molecule has 0 heteroatoms. The molecule has 0 aromatic heterocycles. The van der Waals surface area contributed by atoms with Crippen LogP contribution in [0.4, 0.5) is 0 Å². The van der Waals surface area contributed by atoms with Crippen molar-refractivity contribution in [3.05, 3.63) is 34.9 Å². The van der Waals surface area contributed by atoms with E-state index in [0.29, 0.717) is 0 Å². The lowest BCUT2D eigenvalue weighted by atomic mass is 9.77. The zero-order chi connectivity index (χ0) is 19.1. The van der Waals surface area contributed by atoms with Gasteiger partial charge in [-0.1, -0.05) is 88.7 Å². The number of hydrogen-bond acceptors (Lipinski definition) is 0. The van der Waals surface area contributed by atoms with Crippen molar-refractivity contribution in [3.63, 3.8) is 0 Å². The molecule has 2 unspecified atom stereocenters. The second-order valence-corrected chi connectivity index (χ2v) is 9.93. The summed E-state index contributed by atoms with van der Waals surface area (Å²) in [6.45, 7) is 7.16. The predicted octanol–water partition coefficient (Wildman–Crippen LogP) is 8.79. The molecule has 0 radical (unpaired) electrons. The molecule has 2 saturated carbocycles. The third-order valence-electron chi connectivity index (χ3n) is 7.62. The van der Waals surface area contributed by atoms with E-state index in [2.05, 4.69) is 39.0 Å². The average molecular weight is 369 g/mol. The molecule has 0 bridgehead atoms. The van der Waals surface area contributed by atoms with Crippen molar-refractivity contribution in [2.45, 2.75) is 111 Å². The van der Waals surface area contributed by atoms with Crippen molar-refractivity contribution in [2.75, 3.05) is 0 Å². The fraction of sp³-hybridized carbons (Fsp3) is 0.778. The molecule has 0 nitrogen and oxygen atoms in total. The number of hydrogen-bond donors (Lipinski definition) is 0. The van der Waals surface area contributed by atoms with Crippen molar-refractivity contribution >= 4 is 0 Å². The molecule has 0 amide bonds.